The van der Waals surface area contributed by atoms with E-state index < -0.39 is 10.0 Å². The van der Waals surface area contributed by atoms with Gasteiger partial charge < -0.3 is 14.5 Å². The molecule has 2 amide bonds. The molecule has 0 atom stereocenters. The van der Waals surface area contributed by atoms with Crippen LogP contribution < -0.4 is 14.5 Å². The molecule has 36 heavy (non-hydrogen) atoms. The van der Waals surface area contributed by atoms with Crippen molar-refractivity contribution in [2.45, 2.75) is 24.7 Å². The fraction of sp³-hybridized carbons (Fsp3) is 0.440. The van der Waals surface area contributed by atoms with Gasteiger partial charge in [0.1, 0.15) is 12.3 Å². The van der Waals surface area contributed by atoms with Gasteiger partial charge in [-0.05, 0) is 55.7 Å². The van der Waals surface area contributed by atoms with Gasteiger partial charge >= 0.3 is 0 Å². The molecule has 0 unspecified atom stereocenters. The van der Waals surface area contributed by atoms with Crippen LogP contribution in [0.5, 0.6) is 5.75 Å². The Kier molecular flexibility index (Phi) is 6.84. The standard InChI is InChI=1S/C25H29ClN4O5S/c1-18-4-5-19(26)14-21(18)27-10-12-28(13-11-27)24(31)16-30-22-15-20(6-7-23(22)35-17-25(30)32)36(33,34)29-8-2-3-9-29/h4-7,14-15H,2-3,8-13,16-17H2,1H3. The molecule has 2 fully saturated rings. The Hall–Kier alpha value is -2.82. The maximum absolute atomic E-state index is 13.2. The topological polar surface area (TPSA) is 90.5 Å². The van der Waals surface area contributed by atoms with E-state index in [0.717, 1.165) is 24.1 Å². The number of piperazine rings is 1. The summed E-state index contributed by atoms with van der Waals surface area (Å²) in [5, 5.41) is 0.671. The molecule has 0 N–H and O–H groups in total. The van der Waals surface area contributed by atoms with E-state index in [4.69, 9.17) is 16.3 Å². The zero-order valence-corrected chi connectivity index (χ0v) is 21.7. The van der Waals surface area contributed by atoms with E-state index >= 15 is 0 Å². The molecule has 0 bridgehead atoms. The lowest BCUT2D eigenvalue weighted by Gasteiger charge is -2.38. The first kappa shape index (κ1) is 24.9. The van der Waals surface area contributed by atoms with Gasteiger partial charge in [0, 0.05) is 50.0 Å². The minimum atomic E-state index is -3.67. The Balaban J connectivity index is 1.30. The largest absolute Gasteiger partial charge is 0.482 e. The number of aryl methyl sites for hydroxylation is 1. The second kappa shape index (κ2) is 9.91. The first-order valence-electron chi connectivity index (χ1n) is 12.1. The number of carbonyl (C=O) groups is 2. The SMILES string of the molecule is Cc1ccc(Cl)cc1N1CCN(C(=O)CN2C(=O)COc3ccc(S(=O)(=O)N4CCCC4)cc32)CC1. The highest BCUT2D eigenvalue weighted by Gasteiger charge is 2.33. The molecule has 5 rings (SSSR count). The highest BCUT2D eigenvalue weighted by molar-refractivity contribution is 7.89. The van der Waals surface area contributed by atoms with Crippen LogP contribution in [0.1, 0.15) is 18.4 Å². The highest BCUT2D eigenvalue weighted by atomic mass is 35.5. The zero-order chi connectivity index (χ0) is 25.4. The normalized spacial score (nSPS) is 18.8. The minimum absolute atomic E-state index is 0.101. The van der Waals surface area contributed by atoms with Gasteiger partial charge in [-0.2, -0.15) is 4.31 Å². The molecule has 0 radical (unpaired) electrons. The number of amides is 2. The summed E-state index contributed by atoms with van der Waals surface area (Å²) >= 11 is 6.18. The lowest BCUT2D eigenvalue weighted by atomic mass is 10.1. The average Bonchev–Trinajstić information content (AvgIpc) is 3.43. The van der Waals surface area contributed by atoms with Gasteiger partial charge in [-0.15, -0.1) is 0 Å². The third kappa shape index (κ3) is 4.77. The second-order valence-corrected chi connectivity index (χ2v) is 11.7. The number of carbonyl (C=O) groups excluding carboxylic acids is 2. The highest BCUT2D eigenvalue weighted by Crippen LogP contribution is 2.35. The molecule has 2 aromatic carbocycles. The molecule has 0 spiro atoms. The van der Waals surface area contributed by atoms with Crippen molar-refractivity contribution in [2.75, 3.05) is 62.2 Å². The number of ether oxygens (including phenoxy) is 1. The van der Waals surface area contributed by atoms with Gasteiger partial charge in [-0.25, -0.2) is 8.42 Å². The van der Waals surface area contributed by atoms with Crippen LogP contribution in [0.15, 0.2) is 41.3 Å². The van der Waals surface area contributed by atoms with Crippen molar-refractivity contribution in [1.82, 2.24) is 9.21 Å². The predicted octanol–water partition coefficient (Wildman–Crippen LogP) is 2.51. The van der Waals surface area contributed by atoms with Crippen LogP contribution in [-0.2, 0) is 19.6 Å². The molecule has 3 heterocycles. The van der Waals surface area contributed by atoms with Gasteiger partial charge in [0.25, 0.3) is 5.91 Å². The smallest absolute Gasteiger partial charge is 0.265 e. The quantitative estimate of drug-likeness (QED) is 0.588. The summed E-state index contributed by atoms with van der Waals surface area (Å²) in [5.74, 6) is -0.171. The average molecular weight is 533 g/mol. The molecule has 9 nitrogen and oxygen atoms in total. The van der Waals surface area contributed by atoms with E-state index in [1.54, 1.807) is 11.0 Å². The molecule has 0 saturated carbocycles. The third-order valence-corrected chi connectivity index (χ3v) is 9.14. The number of sulfonamides is 1. The maximum Gasteiger partial charge on any atom is 0.265 e. The number of hydrogen-bond acceptors (Lipinski definition) is 6. The van der Waals surface area contributed by atoms with Gasteiger partial charge in [-0.3, -0.25) is 14.5 Å². The summed E-state index contributed by atoms with van der Waals surface area (Å²) in [6, 6.07) is 10.3. The van der Waals surface area contributed by atoms with E-state index in [1.165, 1.54) is 21.3 Å². The molecular weight excluding hydrogens is 504 g/mol. The van der Waals surface area contributed by atoms with Crippen molar-refractivity contribution in [3.8, 4) is 5.75 Å². The van der Waals surface area contributed by atoms with Crippen LogP contribution in [0.2, 0.25) is 5.02 Å². The Morgan fingerprint density at radius 1 is 0.972 bits per heavy atom. The van der Waals surface area contributed by atoms with Gasteiger partial charge in [-0.1, -0.05) is 17.7 Å². The molecule has 2 saturated heterocycles. The van der Waals surface area contributed by atoms with E-state index in [-0.39, 0.29) is 29.9 Å². The van der Waals surface area contributed by atoms with Gasteiger partial charge in [0.15, 0.2) is 6.61 Å². The minimum Gasteiger partial charge on any atom is -0.482 e. The van der Waals surface area contributed by atoms with Crippen molar-refractivity contribution >= 4 is 44.8 Å². The molecule has 192 valence electrons. The number of benzene rings is 2. The summed E-state index contributed by atoms with van der Waals surface area (Å²) in [6.07, 6.45) is 1.66. The molecule has 0 aromatic heterocycles. The van der Waals surface area contributed by atoms with Crippen LogP contribution in [-0.4, -0.2) is 81.9 Å². The molecular formula is C25H29ClN4O5S. The van der Waals surface area contributed by atoms with Crippen molar-refractivity contribution in [2.24, 2.45) is 0 Å². The third-order valence-electron chi connectivity index (χ3n) is 7.01. The maximum atomic E-state index is 13.2. The zero-order valence-electron chi connectivity index (χ0n) is 20.2. The van der Waals surface area contributed by atoms with Gasteiger partial charge in [0.2, 0.25) is 15.9 Å². The summed E-state index contributed by atoms with van der Waals surface area (Å²) in [7, 11) is -3.67. The van der Waals surface area contributed by atoms with Crippen LogP contribution in [0.3, 0.4) is 0 Å². The van der Waals surface area contributed by atoms with E-state index in [1.807, 2.05) is 25.1 Å². The van der Waals surface area contributed by atoms with Crippen molar-refractivity contribution in [3.63, 3.8) is 0 Å². The lowest BCUT2D eigenvalue weighted by Crippen LogP contribution is -2.53. The Morgan fingerprint density at radius 3 is 2.42 bits per heavy atom. The van der Waals surface area contributed by atoms with Crippen molar-refractivity contribution < 1.29 is 22.7 Å². The Labute approximate surface area is 216 Å². The number of rotatable bonds is 5. The molecule has 3 aliphatic rings. The molecule has 3 aliphatic heterocycles. The summed E-state index contributed by atoms with van der Waals surface area (Å²) in [6.45, 7) is 4.97. The lowest BCUT2D eigenvalue weighted by molar-refractivity contribution is -0.132. The molecule has 0 aliphatic carbocycles. The number of halogens is 1. The fourth-order valence-electron chi connectivity index (χ4n) is 4.95. The molecule has 2 aromatic rings. The first-order valence-corrected chi connectivity index (χ1v) is 13.9. The van der Waals surface area contributed by atoms with Crippen LogP contribution in [0.4, 0.5) is 11.4 Å². The first-order chi connectivity index (χ1) is 17.2. The van der Waals surface area contributed by atoms with Crippen LogP contribution >= 0.6 is 11.6 Å². The van der Waals surface area contributed by atoms with Crippen LogP contribution in [0.25, 0.3) is 0 Å². The summed E-state index contributed by atoms with van der Waals surface area (Å²) in [4.78, 5) is 31.3. The van der Waals surface area contributed by atoms with Gasteiger partial charge in [0.05, 0.1) is 10.6 Å². The Bertz CT molecular complexity index is 1290. The predicted molar refractivity (Wildman–Crippen MR) is 137 cm³/mol. The number of nitrogens with zero attached hydrogens (tertiary/aromatic N) is 4. The number of anilines is 2. The van der Waals surface area contributed by atoms with Crippen LogP contribution in [0, 0.1) is 6.92 Å². The summed E-state index contributed by atoms with van der Waals surface area (Å²) in [5.41, 5.74) is 2.49. The fourth-order valence-corrected chi connectivity index (χ4v) is 6.65. The van der Waals surface area contributed by atoms with E-state index in [9.17, 15) is 18.0 Å². The molecule has 11 heteroatoms. The Morgan fingerprint density at radius 2 is 1.69 bits per heavy atom. The number of fused-ring (bicyclic) bond motifs is 1. The van der Waals surface area contributed by atoms with E-state index in [2.05, 4.69) is 4.90 Å². The van der Waals surface area contributed by atoms with E-state index in [0.29, 0.717) is 55.7 Å². The van der Waals surface area contributed by atoms with Crippen molar-refractivity contribution in [3.05, 3.63) is 47.0 Å². The summed E-state index contributed by atoms with van der Waals surface area (Å²) < 4.78 is 33.1. The number of hydrogen-bond donors (Lipinski definition) is 0. The monoisotopic (exact) mass is 532 g/mol. The second-order valence-electron chi connectivity index (χ2n) is 9.31. The van der Waals surface area contributed by atoms with Crippen molar-refractivity contribution in [1.29, 1.82) is 0 Å².